The Morgan fingerprint density at radius 3 is 2.64 bits per heavy atom. The first-order chi connectivity index (χ1) is 12.3. The Balaban J connectivity index is 1.49. The van der Waals surface area contributed by atoms with Gasteiger partial charge >= 0.3 is 0 Å². The number of likely N-dealkylation sites (tertiary alicyclic amines) is 1. The van der Waals surface area contributed by atoms with Crippen LogP contribution in [0.2, 0.25) is 0 Å². The van der Waals surface area contributed by atoms with E-state index in [1.54, 1.807) is 18.4 Å². The van der Waals surface area contributed by atoms with Crippen LogP contribution in [0.15, 0.2) is 41.1 Å². The summed E-state index contributed by atoms with van der Waals surface area (Å²) in [5.41, 5.74) is 2.48. The average molecular weight is 359 g/mol. The third-order valence-electron chi connectivity index (χ3n) is 4.80. The Labute approximate surface area is 153 Å². The number of carbonyl (C=O) groups is 1. The van der Waals surface area contributed by atoms with Crippen LogP contribution in [-0.2, 0) is 11.2 Å². The van der Waals surface area contributed by atoms with E-state index in [9.17, 15) is 4.79 Å². The number of aryl methyl sites for hydroxylation is 1. The van der Waals surface area contributed by atoms with E-state index in [1.165, 1.54) is 18.4 Å². The smallest absolute Gasteiger partial charge is 0.220 e. The fourth-order valence-corrected chi connectivity index (χ4v) is 4.03. The summed E-state index contributed by atoms with van der Waals surface area (Å²) in [5.74, 6) is 0.965. The van der Waals surface area contributed by atoms with Crippen molar-refractivity contribution in [2.24, 2.45) is 0 Å². The molecular formula is C20H26N2O2S. The van der Waals surface area contributed by atoms with Crippen LogP contribution in [-0.4, -0.2) is 37.6 Å². The van der Waals surface area contributed by atoms with Crippen LogP contribution in [0.4, 0.5) is 0 Å². The van der Waals surface area contributed by atoms with Gasteiger partial charge in [-0.25, -0.2) is 0 Å². The van der Waals surface area contributed by atoms with Crippen LogP contribution in [0, 0.1) is 0 Å². The van der Waals surface area contributed by atoms with Crippen molar-refractivity contribution in [1.82, 2.24) is 10.2 Å². The van der Waals surface area contributed by atoms with E-state index >= 15 is 0 Å². The van der Waals surface area contributed by atoms with E-state index in [0.29, 0.717) is 19.0 Å². The average Bonchev–Trinajstić information content (AvgIpc) is 3.35. The van der Waals surface area contributed by atoms with Crippen molar-refractivity contribution in [1.29, 1.82) is 0 Å². The van der Waals surface area contributed by atoms with Gasteiger partial charge in [-0.15, -0.1) is 0 Å². The fourth-order valence-electron chi connectivity index (χ4n) is 3.32. The van der Waals surface area contributed by atoms with E-state index in [2.05, 4.69) is 27.0 Å². The number of nitrogens with one attached hydrogen (secondary N) is 1. The molecule has 5 heteroatoms. The van der Waals surface area contributed by atoms with Crippen molar-refractivity contribution in [3.8, 4) is 5.75 Å². The fraction of sp³-hybridized carbons (Fsp3) is 0.450. The van der Waals surface area contributed by atoms with Crippen LogP contribution in [0.1, 0.15) is 36.4 Å². The van der Waals surface area contributed by atoms with E-state index < -0.39 is 0 Å². The quantitative estimate of drug-likeness (QED) is 0.783. The summed E-state index contributed by atoms with van der Waals surface area (Å²) in [7, 11) is 1.66. The van der Waals surface area contributed by atoms with E-state index in [-0.39, 0.29) is 5.91 Å². The Bertz CT molecular complexity index is 649. The third-order valence-corrected chi connectivity index (χ3v) is 5.50. The number of ether oxygens (including phenoxy) is 1. The number of methoxy groups -OCH3 is 1. The molecule has 25 heavy (non-hydrogen) atoms. The Morgan fingerprint density at radius 2 is 2.00 bits per heavy atom. The highest BCUT2D eigenvalue weighted by atomic mass is 32.1. The molecule has 1 N–H and O–H groups in total. The minimum Gasteiger partial charge on any atom is -0.497 e. The standard InChI is InChI=1S/C20H26N2O2S/c1-24-18-7-4-16(5-8-18)6-9-20(23)21-14-19(17-10-13-25-15-17)22-11-2-3-12-22/h4-5,7-8,10,13,15,19H,2-3,6,9,11-12,14H2,1H3,(H,21,23)/t19-/m1/s1. The second-order valence-corrected chi connectivity index (χ2v) is 7.25. The first-order valence-electron chi connectivity index (χ1n) is 8.92. The summed E-state index contributed by atoms with van der Waals surface area (Å²) in [4.78, 5) is 14.8. The van der Waals surface area contributed by atoms with Crippen LogP contribution in [0.5, 0.6) is 5.75 Å². The van der Waals surface area contributed by atoms with Gasteiger partial charge in [0.1, 0.15) is 5.75 Å². The Hall–Kier alpha value is -1.85. The third kappa shape index (κ3) is 5.06. The van der Waals surface area contributed by atoms with Crippen LogP contribution in [0.25, 0.3) is 0 Å². The van der Waals surface area contributed by atoms with Gasteiger partial charge < -0.3 is 10.1 Å². The number of benzene rings is 1. The summed E-state index contributed by atoms with van der Waals surface area (Å²) in [5, 5.41) is 7.46. The largest absolute Gasteiger partial charge is 0.497 e. The number of rotatable bonds is 8. The van der Waals surface area contributed by atoms with Gasteiger partial charge in [-0.05, 0) is 72.4 Å². The van der Waals surface area contributed by atoms with Crippen molar-refractivity contribution in [2.75, 3.05) is 26.7 Å². The van der Waals surface area contributed by atoms with Crippen LogP contribution in [0.3, 0.4) is 0 Å². The van der Waals surface area contributed by atoms with Gasteiger partial charge in [-0.2, -0.15) is 11.3 Å². The molecule has 1 amide bonds. The number of nitrogens with zero attached hydrogens (tertiary/aromatic N) is 1. The lowest BCUT2D eigenvalue weighted by Crippen LogP contribution is -2.36. The number of hydrogen-bond donors (Lipinski definition) is 1. The molecule has 0 aliphatic carbocycles. The van der Waals surface area contributed by atoms with Gasteiger partial charge in [0, 0.05) is 13.0 Å². The van der Waals surface area contributed by atoms with Gasteiger partial charge in [-0.3, -0.25) is 9.69 Å². The van der Waals surface area contributed by atoms with Crippen LogP contribution >= 0.6 is 11.3 Å². The SMILES string of the molecule is COc1ccc(CCC(=O)NC[C@H](c2ccsc2)N2CCCC2)cc1. The molecule has 1 aliphatic heterocycles. The summed E-state index contributed by atoms with van der Waals surface area (Å²) >= 11 is 1.72. The highest BCUT2D eigenvalue weighted by Crippen LogP contribution is 2.26. The summed E-state index contributed by atoms with van der Waals surface area (Å²) in [6.45, 7) is 2.95. The maximum Gasteiger partial charge on any atom is 0.220 e. The highest BCUT2D eigenvalue weighted by Gasteiger charge is 2.24. The first-order valence-corrected chi connectivity index (χ1v) is 9.86. The molecule has 0 radical (unpaired) electrons. The number of carbonyl (C=O) groups excluding carboxylic acids is 1. The van der Waals surface area contributed by atoms with Crippen molar-refractivity contribution in [3.63, 3.8) is 0 Å². The molecule has 1 fully saturated rings. The van der Waals surface area contributed by atoms with Gasteiger partial charge in [0.15, 0.2) is 0 Å². The van der Waals surface area contributed by atoms with Crippen LogP contribution < -0.4 is 10.1 Å². The van der Waals surface area contributed by atoms with Gasteiger partial charge in [0.05, 0.1) is 13.2 Å². The van der Waals surface area contributed by atoms with Crippen molar-refractivity contribution in [3.05, 3.63) is 52.2 Å². The molecule has 4 nitrogen and oxygen atoms in total. The molecule has 0 unspecified atom stereocenters. The van der Waals surface area contributed by atoms with Gasteiger partial charge in [0.25, 0.3) is 0 Å². The minimum atomic E-state index is 0.121. The normalized spacial score (nSPS) is 15.9. The molecule has 1 aromatic carbocycles. The van der Waals surface area contributed by atoms with E-state index in [1.807, 2.05) is 24.3 Å². The van der Waals surface area contributed by atoms with E-state index in [4.69, 9.17) is 4.74 Å². The molecule has 0 spiro atoms. The molecule has 1 aromatic heterocycles. The monoisotopic (exact) mass is 358 g/mol. The Morgan fingerprint density at radius 1 is 1.24 bits per heavy atom. The minimum absolute atomic E-state index is 0.121. The summed E-state index contributed by atoms with van der Waals surface area (Å²) in [6, 6.07) is 10.4. The second-order valence-electron chi connectivity index (χ2n) is 6.47. The lowest BCUT2D eigenvalue weighted by Gasteiger charge is -2.27. The lowest BCUT2D eigenvalue weighted by molar-refractivity contribution is -0.121. The maximum absolute atomic E-state index is 12.3. The Kier molecular flexibility index (Phi) is 6.48. The van der Waals surface area contributed by atoms with Crippen molar-refractivity contribution >= 4 is 17.2 Å². The molecule has 134 valence electrons. The van der Waals surface area contributed by atoms with E-state index in [0.717, 1.165) is 30.8 Å². The molecule has 1 saturated heterocycles. The number of hydrogen-bond acceptors (Lipinski definition) is 4. The topological polar surface area (TPSA) is 41.6 Å². The highest BCUT2D eigenvalue weighted by molar-refractivity contribution is 7.07. The molecule has 0 bridgehead atoms. The molecular weight excluding hydrogens is 332 g/mol. The molecule has 3 rings (SSSR count). The molecule has 2 heterocycles. The second kappa shape index (κ2) is 9.02. The zero-order valence-corrected chi connectivity index (χ0v) is 15.6. The summed E-state index contributed by atoms with van der Waals surface area (Å²) in [6.07, 6.45) is 3.78. The van der Waals surface area contributed by atoms with Crippen molar-refractivity contribution < 1.29 is 9.53 Å². The lowest BCUT2D eigenvalue weighted by atomic mass is 10.1. The van der Waals surface area contributed by atoms with Gasteiger partial charge in [-0.1, -0.05) is 12.1 Å². The van der Waals surface area contributed by atoms with Gasteiger partial charge in [0.2, 0.25) is 5.91 Å². The zero-order chi connectivity index (χ0) is 17.5. The molecule has 0 saturated carbocycles. The first kappa shape index (κ1) is 18.0. The zero-order valence-electron chi connectivity index (χ0n) is 14.7. The molecule has 1 aliphatic rings. The molecule has 2 aromatic rings. The predicted molar refractivity (Wildman–Crippen MR) is 102 cm³/mol. The maximum atomic E-state index is 12.3. The number of amides is 1. The predicted octanol–water partition coefficient (Wildman–Crippen LogP) is 3.64. The van der Waals surface area contributed by atoms with Crippen molar-refractivity contribution in [2.45, 2.75) is 31.7 Å². The number of thiophene rings is 1. The summed E-state index contributed by atoms with van der Waals surface area (Å²) < 4.78 is 5.16. The molecule has 1 atom stereocenters.